The van der Waals surface area contributed by atoms with Crippen molar-refractivity contribution >= 4 is 78.3 Å². The van der Waals surface area contributed by atoms with Gasteiger partial charge in [-0.15, -0.1) is 0 Å². The minimum atomic E-state index is -0.192. The number of aromatic nitrogens is 4. The van der Waals surface area contributed by atoms with Crippen LogP contribution in [-0.2, 0) is 0 Å². The number of hydrogen-bond acceptors (Lipinski definition) is 8. The van der Waals surface area contributed by atoms with Crippen LogP contribution in [0.3, 0.4) is 0 Å². The van der Waals surface area contributed by atoms with E-state index in [-0.39, 0.29) is 12.2 Å². The van der Waals surface area contributed by atoms with E-state index in [0.29, 0.717) is 17.5 Å². The Balaban J connectivity index is 0.808. The second-order valence-electron chi connectivity index (χ2n) is 21.5. The molecule has 0 bridgehead atoms. The largest absolute Gasteiger partial charge is 0.455 e. The molecule has 0 amide bonds. The van der Waals surface area contributed by atoms with E-state index in [1.807, 2.05) is 72.8 Å². The Labute approximate surface area is 472 Å². The number of anilines is 2. The van der Waals surface area contributed by atoms with Gasteiger partial charge >= 0.3 is 0 Å². The SMILES string of the molecule is C1=CCC2=C3C=C(c4ccccc4)C=NC3N(c3ccc4c(c3)c3cc(N5C6=NC=C(c7cccc8c7oc7ccccc78)CC6=C6C=CC=CC65)ccc3n4-c3ccc(-c4nc(-c5ccccc5)nc(-c5ccccc5)n4)cc3)C2=C1. The van der Waals surface area contributed by atoms with Gasteiger partial charge in [0, 0.05) is 102 Å². The van der Waals surface area contributed by atoms with Crippen LogP contribution >= 0.6 is 0 Å². The lowest BCUT2D eigenvalue weighted by Gasteiger charge is -2.29. The van der Waals surface area contributed by atoms with Gasteiger partial charge in [-0.1, -0.05) is 164 Å². The second kappa shape index (κ2) is 18.4. The molecule has 2 atom stereocenters. The fraction of sp³-hybridized carbons (Fsp3) is 0.0548. The summed E-state index contributed by atoms with van der Waals surface area (Å²) in [7, 11) is 0. The molecule has 0 radical (unpaired) electrons. The molecule has 2 aliphatic carbocycles. The van der Waals surface area contributed by atoms with Gasteiger partial charge in [-0.2, -0.15) is 0 Å². The Hall–Kier alpha value is -10.8. The number of dihydropyridines is 1. The van der Waals surface area contributed by atoms with E-state index in [2.05, 4.69) is 197 Å². The molecule has 17 rings (SSSR count). The zero-order valence-corrected chi connectivity index (χ0v) is 44.3. The highest BCUT2D eigenvalue weighted by Gasteiger charge is 2.40. The van der Waals surface area contributed by atoms with Gasteiger partial charge in [0.15, 0.2) is 23.6 Å². The normalized spacial score (nSPS) is 17.9. The van der Waals surface area contributed by atoms with Gasteiger partial charge in [-0.25, -0.2) is 19.9 Å². The molecule has 11 aromatic rings. The standard InChI is InChI=1S/C73H48N8O/c1-4-17-45(18-5-1)49-39-61-55-23-10-13-28-63(55)80(72(61)74-43-49)52-35-37-65-59(41-52)60-42-53(81-64-29-14-11-24-56(64)62-40-50(44-75-73(62)81)54-26-16-27-58-57-25-12-15-30-67(57)82-68(54)58)36-38-66(60)79(65)51-33-31-48(32-34-51)71-77-69(46-19-6-2-7-20-46)76-70(78-71)47-21-8-3-9-22-47/h1-22,24-39,41-44,64,72H,23,40H2. The molecule has 8 aromatic carbocycles. The van der Waals surface area contributed by atoms with Gasteiger partial charge < -0.3 is 18.8 Å². The fourth-order valence-electron chi connectivity index (χ4n) is 13.1. The maximum atomic E-state index is 6.56. The van der Waals surface area contributed by atoms with Crippen molar-refractivity contribution in [3.63, 3.8) is 0 Å². The predicted octanol–water partition coefficient (Wildman–Crippen LogP) is 16.8. The summed E-state index contributed by atoms with van der Waals surface area (Å²) in [4.78, 5) is 30.7. The number of hydrogen-bond donors (Lipinski definition) is 0. The van der Waals surface area contributed by atoms with Crippen molar-refractivity contribution in [3.05, 3.63) is 288 Å². The van der Waals surface area contributed by atoms with Crippen LogP contribution in [-0.4, -0.2) is 43.8 Å². The van der Waals surface area contributed by atoms with Crippen LogP contribution in [0.1, 0.15) is 24.0 Å². The highest BCUT2D eigenvalue weighted by Crippen LogP contribution is 2.48. The predicted molar refractivity (Wildman–Crippen MR) is 334 cm³/mol. The Morgan fingerprint density at radius 1 is 0.512 bits per heavy atom. The molecule has 0 saturated carbocycles. The van der Waals surface area contributed by atoms with E-state index >= 15 is 0 Å². The lowest BCUT2D eigenvalue weighted by atomic mass is 9.91. The molecular weight excluding hydrogens is 1000 g/mol. The van der Waals surface area contributed by atoms with Gasteiger partial charge in [-0.05, 0) is 108 Å². The molecule has 4 aliphatic heterocycles. The molecule has 7 heterocycles. The molecule has 0 saturated heterocycles. The van der Waals surface area contributed by atoms with Gasteiger partial charge in [0.1, 0.15) is 17.0 Å². The van der Waals surface area contributed by atoms with Crippen molar-refractivity contribution in [2.24, 2.45) is 9.98 Å². The molecule has 2 unspecified atom stereocenters. The lowest BCUT2D eigenvalue weighted by molar-refractivity contribution is 0.667. The van der Waals surface area contributed by atoms with E-state index < -0.39 is 0 Å². The quantitative estimate of drug-likeness (QED) is 0.151. The van der Waals surface area contributed by atoms with Crippen LogP contribution < -0.4 is 9.80 Å². The van der Waals surface area contributed by atoms with Gasteiger partial charge in [0.25, 0.3) is 0 Å². The van der Waals surface area contributed by atoms with E-state index in [0.717, 1.165) is 118 Å². The minimum absolute atomic E-state index is 0.0283. The number of aliphatic imine (C=N–C) groups is 2. The highest BCUT2D eigenvalue weighted by molar-refractivity contribution is 6.20. The zero-order chi connectivity index (χ0) is 53.8. The van der Waals surface area contributed by atoms with Crippen molar-refractivity contribution in [3.8, 4) is 39.9 Å². The maximum Gasteiger partial charge on any atom is 0.164 e. The topological polar surface area (TPSA) is 87.9 Å². The monoisotopic (exact) mass is 1050 g/mol. The van der Waals surface area contributed by atoms with E-state index in [1.165, 1.54) is 28.0 Å². The first-order chi connectivity index (χ1) is 40.6. The number of benzene rings is 8. The van der Waals surface area contributed by atoms with Gasteiger partial charge in [0.2, 0.25) is 0 Å². The molecular formula is C73H48N8O. The minimum Gasteiger partial charge on any atom is -0.455 e. The first-order valence-corrected chi connectivity index (χ1v) is 28.0. The van der Waals surface area contributed by atoms with E-state index in [1.54, 1.807) is 0 Å². The first kappa shape index (κ1) is 46.2. The maximum absolute atomic E-state index is 6.56. The zero-order valence-electron chi connectivity index (χ0n) is 44.3. The number of para-hydroxylation sites is 2. The molecule has 386 valence electrons. The Bertz CT molecular complexity index is 4800. The molecule has 9 nitrogen and oxygen atoms in total. The highest BCUT2D eigenvalue weighted by atomic mass is 16.3. The Kier molecular flexibility index (Phi) is 10.4. The molecule has 0 N–H and O–H groups in total. The summed E-state index contributed by atoms with van der Waals surface area (Å²) in [5.41, 5.74) is 20.7. The lowest BCUT2D eigenvalue weighted by Crippen LogP contribution is -2.35. The Morgan fingerprint density at radius 3 is 1.87 bits per heavy atom. The molecule has 0 spiro atoms. The van der Waals surface area contributed by atoms with Crippen molar-refractivity contribution in [2.75, 3.05) is 9.80 Å². The van der Waals surface area contributed by atoms with Crippen molar-refractivity contribution < 1.29 is 4.42 Å². The molecule has 6 aliphatic rings. The van der Waals surface area contributed by atoms with Crippen LogP contribution in [0.2, 0.25) is 0 Å². The van der Waals surface area contributed by atoms with Crippen LogP contribution in [0.25, 0.3) is 94.7 Å². The second-order valence-corrected chi connectivity index (χ2v) is 21.5. The molecule has 9 heteroatoms. The third-order valence-corrected chi connectivity index (χ3v) is 16.9. The van der Waals surface area contributed by atoms with E-state index in [4.69, 9.17) is 29.4 Å². The summed E-state index contributed by atoms with van der Waals surface area (Å²) in [6.07, 6.45) is 23.5. The van der Waals surface area contributed by atoms with Crippen LogP contribution in [0.5, 0.6) is 0 Å². The van der Waals surface area contributed by atoms with Crippen LogP contribution in [0.15, 0.2) is 291 Å². The smallest absolute Gasteiger partial charge is 0.164 e. The van der Waals surface area contributed by atoms with Crippen molar-refractivity contribution in [2.45, 2.75) is 25.0 Å². The summed E-state index contributed by atoms with van der Waals surface area (Å²) in [6.45, 7) is 0. The van der Waals surface area contributed by atoms with Gasteiger partial charge in [0.05, 0.1) is 17.1 Å². The molecule has 82 heavy (non-hydrogen) atoms. The van der Waals surface area contributed by atoms with Gasteiger partial charge in [-0.3, -0.25) is 4.99 Å². The van der Waals surface area contributed by atoms with Crippen molar-refractivity contribution in [1.82, 2.24) is 19.5 Å². The summed E-state index contributed by atoms with van der Waals surface area (Å²) in [5, 5.41) is 4.51. The number of fused-ring (bicyclic) bond motifs is 10. The van der Waals surface area contributed by atoms with E-state index in [9.17, 15) is 0 Å². The summed E-state index contributed by atoms with van der Waals surface area (Å²) in [6, 6.07) is 68.1. The third-order valence-electron chi connectivity index (χ3n) is 16.9. The first-order valence-electron chi connectivity index (χ1n) is 28.0. The van der Waals surface area contributed by atoms with Crippen molar-refractivity contribution in [1.29, 1.82) is 0 Å². The summed E-state index contributed by atoms with van der Waals surface area (Å²) >= 11 is 0. The number of rotatable bonds is 8. The number of amidine groups is 1. The van der Waals surface area contributed by atoms with Crippen LogP contribution in [0.4, 0.5) is 11.4 Å². The fourth-order valence-corrected chi connectivity index (χ4v) is 13.1. The summed E-state index contributed by atoms with van der Waals surface area (Å²) < 4.78 is 8.96. The molecule has 0 fully saturated rings. The van der Waals surface area contributed by atoms with Crippen LogP contribution in [0, 0.1) is 0 Å². The average Bonchev–Trinajstić information content (AvgIpc) is 3.08. The summed E-state index contributed by atoms with van der Waals surface area (Å²) in [5.74, 6) is 2.84. The number of furan rings is 1. The number of allylic oxidation sites excluding steroid dienone is 8. The average molecular weight is 1050 g/mol. The number of nitrogens with zero attached hydrogens (tertiary/aromatic N) is 8. The Morgan fingerprint density at radius 2 is 1.15 bits per heavy atom. The third kappa shape index (κ3) is 7.29. The molecule has 3 aromatic heterocycles.